The molecule has 0 unspecified atom stereocenters. The number of rotatable bonds is 9. The normalized spacial score (nSPS) is 14.4. The summed E-state index contributed by atoms with van der Waals surface area (Å²) in [6, 6.07) is 13.9. The van der Waals surface area contributed by atoms with Gasteiger partial charge in [-0.1, -0.05) is 59.0 Å². The maximum absolute atomic E-state index is 13.5. The summed E-state index contributed by atoms with van der Waals surface area (Å²) < 4.78 is 43.0. The first-order chi connectivity index (χ1) is 18.5. The van der Waals surface area contributed by atoms with Crippen molar-refractivity contribution in [3.63, 3.8) is 0 Å². The number of nitrogens with zero attached hydrogens (tertiary/aromatic N) is 2. The second-order valence-corrected chi connectivity index (χ2v) is 13.0. The van der Waals surface area contributed by atoms with Crippen LogP contribution in [-0.2, 0) is 32.9 Å². The van der Waals surface area contributed by atoms with E-state index < -0.39 is 21.1 Å². The topological polar surface area (TPSA) is 90.1 Å². The monoisotopic (exact) mass is 606 g/mol. The third kappa shape index (κ3) is 5.61. The number of benzene rings is 3. The molecule has 1 aliphatic carbocycles. The maximum atomic E-state index is 13.5. The predicted octanol–water partition coefficient (Wildman–Crippen LogP) is 7.06. The van der Waals surface area contributed by atoms with E-state index in [9.17, 15) is 17.6 Å². The Morgan fingerprint density at radius 3 is 2.18 bits per heavy atom. The molecule has 0 saturated heterocycles. The minimum atomic E-state index is -3.30. The van der Waals surface area contributed by atoms with Crippen LogP contribution in [0.4, 0.5) is 4.39 Å². The molecular formula is C28H22Cl3FN2O4S. The molecule has 1 fully saturated rings. The van der Waals surface area contributed by atoms with Gasteiger partial charge >= 0.3 is 0 Å². The molecule has 0 amide bonds. The largest absolute Gasteiger partial charge is 0.334 e. The van der Waals surface area contributed by atoms with Crippen LogP contribution < -0.4 is 0 Å². The van der Waals surface area contributed by atoms with Gasteiger partial charge in [-0.2, -0.15) is 4.98 Å². The van der Waals surface area contributed by atoms with E-state index in [1.54, 1.807) is 31.2 Å². The number of aromatic nitrogens is 2. The van der Waals surface area contributed by atoms with Crippen molar-refractivity contribution in [2.24, 2.45) is 0 Å². The highest BCUT2D eigenvalue weighted by Gasteiger charge is 2.52. The molecule has 0 radical (unpaired) electrons. The fourth-order valence-corrected chi connectivity index (χ4v) is 6.52. The molecule has 0 spiro atoms. The highest BCUT2D eigenvalue weighted by atomic mass is 35.5. The van der Waals surface area contributed by atoms with E-state index in [2.05, 4.69) is 10.1 Å². The van der Waals surface area contributed by atoms with Crippen LogP contribution in [0.25, 0.3) is 11.5 Å². The van der Waals surface area contributed by atoms with Crippen LogP contribution in [0, 0.1) is 5.82 Å². The van der Waals surface area contributed by atoms with Gasteiger partial charge in [-0.15, -0.1) is 0 Å². The minimum Gasteiger partial charge on any atom is -0.334 e. The van der Waals surface area contributed by atoms with Crippen LogP contribution in [0.3, 0.4) is 0 Å². The zero-order chi connectivity index (χ0) is 27.9. The molecule has 202 valence electrons. The molecule has 6 nitrogen and oxygen atoms in total. The van der Waals surface area contributed by atoms with Crippen molar-refractivity contribution < 1.29 is 22.1 Å². The lowest BCUT2D eigenvalue weighted by Gasteiger charge is -2.17. The number of carbonyl (C=O) groups is 1. The van der Waals surface area contributed by atoms with E-state index in [0.29, 0.717) is 45.4 Å². The first-order valence-corrected chi connectivity index (χ1v) is 14.9. The second kappa shape index (κ2) is 10.7. The van der Waals surface area contributed by atoms with Crippen LogP contribution in [0.15, 0.2) is 64.0 Å². The molecule has 0 bridgehead atoms. The molecule has 1 saturated carbocycles. The second-order valence-electron chi connectivity index (χ2n) is 9.51. The molecule has 3 aromatic carbocycles. The van der Waals surface area contributed by atoms with E-state index in [0.717, 1.165) is 5.56 Å². The van der Waals surface area contributed by atoms with Gasteiger partial charge < -0.3 is 4.52 Å². The lowest BCUT2D eigenvalue weighted by Crippen LogP contribution is -2.13. The molecule has 0 aliphatic heterocycles. The molecule has 1 aliphatic rings. The molecule has 11 heteroatoms. The summed E-state index contributed by atoms with van der Waals surface area (Å²) in [7, 11) is -3.30. The number of Topliss-reactive ketones (excluding diaryl/α,β-unsaturated/α-hetero) is 1. The third-order valence-electron chi connectivity index (χ3n) is 6.82. The van der Waals surface area contributed by atoms with Gasteiger partial charge in [0.2, 0.25) is 0 Å². The van der Waals surface area contributed by atoms with Gasteiger partial charge in [0.05, 0.1) is 21.1 Å². The molecule has 0 atom stereocenters. The van der Waals surface area contributed by atoms with Crippen LogP contribution >= 0.6 is 34.8 Å². The SMILES string of the molecule is CCS(=O)(=O)c1ccc(CC(=O)Cc2cc(Cl)c(C3(c4noc(-c5ccc(F)c(Cl)c5)n4)CC3)c(Cl)c2)cc1. The predicted molar refractivity (Wildman–Crippen MR) is 148 cm³/mol. The number of ketones is 1. The van der Waals surface area contributed by atoms with E-state index in [1.165, 1.54) is 30.3 Å². The summed E-state index contributed by atoms with van der Waals surface area (Å²) >= 11 is 19.3. The van der Waals surface area contributed by atoms with E-state index in [1.807, 2.05) is 0 Å². The Hall–Kier alpha value is -2.78. The van der Waals surface area contributed by atoms with E-state index >= 15 is 0 Å². The Bertz CT molecular complexity index is 1660. The van der Waals surface area contributed by atoms with Crippen molar-refractivity contribution in [1.29, 1.82) is 0 Å². The van der Waals surface area contributed by atoms with Crippen LogP contribution in [-0.4, -0.2) is 30.1 Å². The Morgan fingerprint density at radius 1 is 0.949 bits per heavy atom. The van der Waals surface area contributed by atoms with Crippen LogP contribution in [0.5, 0.6) is 0 Å². The van der Waals surface area contributed by atoms with Crippen molar-refractivity contribution in [1.82, 2.24) is 10.1 Å². The van der Waals surface area contributed by atoms with Crippen molar-refractivity contribution in [3.05, 3.63) is 98.0 Å². The Kier molecular flexibility index (Phi) is 7.59. The summed E-state index contributed by atoms with van der Waals surface area (Å²) in [4.78, 5) is 17.5. The van der Waals surface area contributed by atoms with Gasteiger partial charge in [-0.3, -0.25) is 4.79 Å². The maximum Gasteiger partial charge on any atom is 0.258 e. The summed E-state index contributed by atoms with van der Waals surface area (Å²) in [6.45, 7) is 1.59. The van der Waals surface area contributed by atoms with Crippen molar-refractivity contribution in [3.8, 4) is 11.5 Å². The first-order valence-electron chi connectivity index (χ1n) is 12.1. The summed E-state index contributed by atoms with van der Waals surface area (Å²) in [5.41, 5.74) is 1.91. The first kappa shape index (κ1) is 27.8. The summed E-state index contributed by atoms with van der Waals surface area (Å²) in [6.07, 6.45) is 1.67. The number of hydrogen-bond donors (Lipinski definition) is 0. The Balaban J connectivity index is 1.33. The molecule has 1 heterocycles. The molecule has 0 N–H and O–H groups in total. The highest BCUT2D eigenvalue weighted by molar-refractivity contribution is 7.91. The number of sulfone groups is 1. The minimum absolute atomic E-state index is 0.0150. The summed E-state index contributed by atoms with van der Waals surface area (Å²) in [5, 5.41) is 4.89. The fraction of sp³-hybridized carbons (Fsp3) is 0.250. The van der Waals surface area contributed by atoms with Crippen molar-refractivity contribution >= 4 is 50.4 Å². The van der Waals surface area contributed by atoms with Crippen molar-refractivity contribution in [2.75, 3.05) is 5.75 Å². The average Bonchev–Trinajstić information content (AvgIpc) is 3.51. The molecular weight excluding hydrogens is 586 g/mol. The average molecular weight is 608 g/mol. The van der Waals surface area contributed by atoms with E-state index in [-0.39, 0.29) is 40.2 Å². The third-order valence-corrected chi connectivity index (χ3v) is 9.45. The van der Waals surface area contributed by atoms with Gasteiger partial charge in [-0.25, -0.2) is 12.8 Å². The molecule has 4 aromatic rings. The highest BCUT2D eigenvalue weighted by Crippen LogP contribution is 2.56. The smallest absolute Gasteiger partial charge is 0.258 e. The molecule has 1 aromatic heterocycles. The zero-order valence-electron chi connectivity index (χ0n) is 20.7. The number of halogens is 4. The summed E-state index contributed by atoms with van der Waals surface area (Å²) in [5.74, 6) is 0.0207. The number of hydrogen-bond acceptors (Lipinski definition) is 6. The van der Waals surface area contributed by atoms with Gasteiger partial charge in [0, 0.05) is 34.0 Å². The van der Waals surface area contributed by atoms with Crippen LogP contribution in [0.2, 0.25) is 15.1 Å². The standard InChI is InChI=1S/C28H22Cl3FN2O4S/c1-2-39(36,37)20-6-3-16(4-7-20)11-19(35)12-17-13-22(30)25(23(31)14-17)28(9-10-28)27-33-26(38-34-27)18-5-8-24(32)21(29)15-18/h3-8,13-15H,2,9-12H2,1H3. The van der Waals surface area contributed by atoms with E-state index in [4.69, 9.17) is 39.3 Å². The number of carbonyl (C=O) groups excluding carboxylic acids is 1. The fourth-order valence-electron chi connectivity index (χ4n) is 4.56. The van der Waals surface area contributed by atoms with Gasteiger partial charge in [0.15, 0.2) is 15.7 Å². The van der Waals surface area contributed by atoms with Crippen molar-refractivity contribution in [2.45, 2.75) is 42.9 Å². The lowest BCUT2D eigenvalue weighted by molar-refractivity contribution is -0.117. The van der Waals surface area contributed by atoms with Gasteiger partial charge in [0.25, 0.3) is 5.89 Å². The Morgan fingerprint density at radius 2 is 1.59 bits per heavy atom. The lowest BCUT2D eigenvalue weighted by atomic mass is 9.92. The van der Waals surface area contributed by atoms with Crippen LogP contribution in [0.1, 0.15) is 42.3 Å². The Labute approximate surface area is 240 Å². The molecule has 39 heavy (non-hydrogen) atoms. The zero-order valence-corrected chi connectivity index (χ0v) is 23.8. The van der Waals surface area contributed by atoms with Gasteiger partial charge in [0.1, 0.15) is 11.6 Å². The quantitative estimate of drug-likeness (QED) is 0.202. The van der Waals surface area contributed by atoms with Gasteiger partial charge in [-0.05, 0) is 66.4 Å². The molecule has 5 rings (SSSR count).